The summed E-state index contributed by atoms with van der Waals surface area (Å²) in [6.45, 7) is 10.2. The predicted octanol–water partition coefficient (Wildman–Crippen LogP) is 13.0. The van der Waals surface area contributed by atoms with Gasteiger partial charge >= 0.3 is 18.0 Å². The minimum atomic E-state index is -0.704. The molecule has 2 aliphatic carbocycles. The number of halogens is 9. The lowest BCUT2D eigenvalue weighted by Crippen LogP contribution is -2.43. The SMILES string of the molecule is C=Cn1nc(CC2C3CCC2CN(c2cc(C)ncn2)C3)nc1Oc1cccc(Cl)c1F.Cc1cc(N2CC3CCC(C2)C3Cc2nc(Oc3cccc(Cl)c3F)n(CCF)n2)ncn1.FCCn1nc(Br)nc1Oc1cccc(Cl)c1F. The molecule has 5 aromatic heterocycles. The first-order chi connectivity index (χ1) is 40.1. The molecule has 436 valence electrons. The van der Waals surface area contributed by atoms with Crippen LogP contribution in [0.15, 0.2) is 90.7 Å². The summed E-state index contributed by atoms with van der Waals surface area (Å²) in [5.41, 5.74) is 1.94. The lowest BCUT2D eigenvalue weighted by Gasteiger charge is -2.38. The van der Waals surface area contributed by atoms with E-state index >= 15 is 0 Å². The predicted molar refractivity (Wildman–Crippen MR) is 305 cm³/mol. The molecule has 7 heterocycles. The fourth-order valence-corrected chi connectivity index (χ4v) is 12.2. The molecule has 83 heavy (non-hydrogen) atoms. The van der Waals surface area contributed by atoms with Crippen LogP contribution in [0.25, 0.3) is 6.20 Å². The Bertz CT molecular complexity index is 3540. The number of anilines is 2. The highest BCUT2D eigenvalue weighted by atomic mass is 79.9. The van der Waals surface area contributed by atoms with Gasteiger partial charge in [0.25, 0.3) is 0 Å². The number of hydrogen-bond acceptors (Lipinski definition) is 15. The molecule has 4 fully saturated rings. The maximum atomic E-state index is 14.3. The number of aryl methyl sites for hydroxylation is 4. The van der Waals surface area contributed by atoms with E-state index in [4.69, 9.17) is 49.0 Å². The number of nitrogens with zero attached hydrogens (tertiary/aromatic N) is 15. The first kappa shape index (κ1) is 59.2. The summed E-state index contributed by atoms with van der Waals surface area (Å²) >= 11 is 20.4. The molecule has 3 aromatic carbocycles. The minimum Gasteiger partial charge on any atom is -0.421 e. The summed E-state index contributed by atoms with van der Waals surface area (Å²) in [5, 5.41) is 12.7. The van der Waals surface area contributed by atoms with Gasteiger partial charge in [0.15, 0.2) is 46.3 Å². The monoisotopic (exact) mass is 1270 g/mol. The second kappa shape index (κ2) is 26.7. The van der Waals surface area contributed by atoms with E-state index in [-0.39, 0.29) is 68.2 Å². The fraction of sp³-hybridized carbons (Fsp3) is 0.393. The lowest BCUT2D eigenvalue weighted by atomic mass is 9.82. The smallest absolute Gasteiger partial charge is 0.325 e. The van der Waals surface area contributed by atoms with Crippen molar-refractivity contribution in [3.63, 3.8) is 0 Å². The van der Waals surface area contributed by atoms with Gasteiger partial charge in [0, 0.05) is 68.7 Å². The summed E-state index contributed by atoms with van der Waals surface area (Å²) in [6, 6.07) is 17.7. The zero-order valence-electron chi connectivity index (χ0n) is 45.0. The molecule has 27 heteroatoms. The topological polar surface area (TPSA) is 178 Å². The average molecular weight is 1270 g/mol. The summed E-state index contributed by atoms with van der Waals surface area (Å²) in [6.07, 6.45) is 10.9. The summed E-state index contributed by atoms with van der Waals surface area (Å²) in [7, 11) is 0. The zero-order valence-corrected chi connectivity index (χ0v) is 48.8. The van der Waals surface area contributed by atoms with Crippen LogP contribution < -0.4 is 24.0 Å². The van der Waals surface area contributed by atoms with Gasteiger partial charge in [-0.3, -0.25) is 0 Å². The third-order valence-corrected chi connectivity index (χ3v) is 16.4. The number of benzene rings is 3. The number of alkyl halides is 2. The molecule has 2 saturated carbocycles. The fourth-order valence-electron chi connectivity index (χ4n) is 11.3. The number of fused-ring (bicyclic) bond motifs is 4. The molecule has 2 saturated heterocycles. The van der Waals surface area contributed by atoms with Crippen molar-refractivity contribution < 1.29 is 36.2 Å². The Morgan fingerprint density at radius 2 is 0.964 bits per heavy atom. The summed E-state index contributed by atoms with van der Waals surface area (Å²) in [5.74, 6) is 4.11. The molecule has 2 aliphatic heterocycles. The Morgan fingerprint density at radius 1 is 0.566 bits per heavy atom. The number of piperidine rings is 2. The Balaban J connectivity index is 0.000000145. The Labute approximate surface area is 498 Å². The van der Waals surface area contributed by atoms with E-state index in [0.29, 0.717) is 53.6 Å². The third kappa shape index (κ3) is 14.0. The summed E-state index contributed by atoms with van der Waals surface area (Å²) in [4.78, 5) is 34.9. The van der Waals surface area contributed by atoms with E-state index < -0.39 is 30.8 Å². The highest BCUT2D eigenvalue weighted by Gasteiger charge is 2.44. The molecular formula is C56H56BrCl3F5N15O3. The number of rotatable bonds is 17. The van der Waals surface area contributed by atoms with Crippen LogP contribution in [0.3, 0.4) is 0 Å². The van der Waals surface area contributed by atoms with Crippen molar-refractivity contribution >= 4 is 68.6 Å². The van der Waals surface area contributed by atoms with Gasteiger partial charge in [-0.05, 0) is 127 Å². The van der Waals surface area contributed by atoms with Crippen LogP contribution in [0.2, 0.25) is 15.1 Å². The number of hydrogen-bond donors (Lipinski definition) is 0. The van der Waals surface area contributed by atoms with E-state index in [1.54, 1.807) is 24.8 Å². The Hall–Kier alpha value is -7.02. The van der Waals surface area contributed by atoms with Gasteiger partial charge in [-0.25, -0.2) is 51.3 Å². The van der Waals surface area contributed by atoms with Crippen LogP contribution in [0.1, 0.15) is 48.7 Å². The molecular weight excluding hydrogens is 1210 g/mol. The van der Waals surface area contributed by atoms with Crippen LogP contribution in [-0.2, 0) is 25.9 Å². The van der Waals surface area contributed by atoms with Gasteiger partial charge < -0.3 is 24.0 Å². The van der Waals surface area contributed by atoms with Crippen LogP contribution in [0, 0.1) is 66.8 Å². The van der Waals surface area contributed by atoms with Gasteiger partial charge in [-0.1, -0.05) is 59.6 Å². The summed E-state index contributed by atoms with van der Waals surface area (Å²) < 4.78 is 88.3. The van der Waals surface area contributed by atoms with E-state index in [0.717, 1.165) is 68.5 Å². The number of ether oxygens (including phenoxy) is 3. The van der Waals surface area contributed by atoms with Crippen molar-refractivity contribution in [1.29, 1.82) is 0 Å². The van der Waals surface area contributed by atoms with E-state index in [1.807, 2.05) is 26.0 Å². The van der Waals surface area contributed by atoms with Crippen molar-refractivity contribution in [2.75, 3.05) is 49.3 Å². The molecule has 4 aliphatic rings. The van der Waals surface area contributed by atoms with Crippen LogP contribution in [0.4, 0.5) is 33.6 Å². The van der Waals surface area contributed by atoms with Gasteiger partial charge in [0.05, 0.1) is 28.2 Å². The zero-order chi connectivity index (χ0) is 58.3. The van der Waals surface area contributed by atoms with E-state index in [9.17, 15) is 22.0 Å². The number of aromatic nitrogens is 13. The van der Waals surface area contributed by atoms with Gasteiger partial charge in [0.2, 0.25) is 4.73 Å². The standard InChI is InChI=1S/C23H25ClF2N6O.C23H24ClFN6O.C10H7BrClF2N3O/c1-14-9-21(28-13-27-14)31-11-15-5-6-16(12-31)17(15)10-20-29-23(32(30-20)8-7-25)33-19-4-2-3-18(24)22(19)26;1-3-31-23(32-19-6-4-5-18(24)22(19)25)28-20(29-31)10-17-15-7-8-16(17)12-30(11-15)21-9-14(2)26-13-27-21;11-9-15-10(17(16-9)5-4-13)18-7-3-1-2-6(12)8(7)14/h2-4,9,13,15-17H,5-8,10-12H2,1H3;3-6,9,13,15-17H,1,7-8,10-12H2,2H3;1-3H,4-5H2. The first-order valence-electron chi connectivity index (χ1n) is 26.8. The molecule has 0 radical (unpaired) electrons. The third-order valence-electron chi connectivity index (χ3n) is 15.2. The van der Waals surface area contributed by atoms with Crippen LogP contribution >= 0.6 is 50.7 Å². The maximum Gasteiger partial charge on any atom is 0.325 e. The van der Waals surface area contributed by atoms with Crippen molar-refractivity contribution in [3.8, 4) is 35.3 Å². The van der Waals surface area contributed by atoms with E-state index in [1.165, 1.54) is 75.6 Å². The van der Waals surface area contributed by atoms with Gasteiger partial charge in [-0.2, -0.15) is 24.7 Å². The molecule has 8 aromatic rings. The molecule has 0 amide bonds. The van der Waals surface area contributed by atoms with Crippen molar-refractivity contribution in [3.05, 3.63) is 146 Å². The van der Waals surface area contributed by atoms with Gasteiger partial charge in [-0.15, -0.1) is 10.2 Å². The van der Waals surface area contributed by atoms with Crippen molar-refractivity contribution in [2.45, 2.75) is 65.5 Å². The second-order valence-electron chi connectivity index (χ2n) is 20.5. The quantitative estimate of drug-likeness (QED) is 0.0786. The van der Waals surface area contributed by atoms with Gasteiger partial charge in [0.1, 0.15) is 37.6 Å². The first-order valence-corrected chi connectivity index (χ1v) is 28.7. The second-order valence-corrected chi connectivity index (χ2v) is 22.4. The van der Waals surface area contributed by atoms with Crippen molar-refractivity contribution in [2.24, 2.45) is 35.5 Å². The molecule has 18 nitrogen and oxygen atoms in total. The Morgan fingerprint density at radius 3 is 1.39 bits per heavy atom. The largest absolute Gasteiger partial charge is 0.421 e. The molecule has 4 bridgehead atoms. The highest BCUT2D eigenvalue weighted by molar-refractivity contribution is 9.10. The molecule has 4 atom stereocenters. The highest BCUT2D eigenvalue weighted by Crippen LogP contribution is 2.46. The van der Waals surface area contributed by atoms with Crippen molar-refractivity contribution in [1.82, 2.24) is 64.2 Å². The molecule has 4 unspecified atom stereocenters. The lowest BCUT2D eigenvalue weighted by molar-refractivity contribution is 0.264. The minimum absolute atomic E-state index is 0.00499. The van der Waals surface area contributed by atoms with E-state index in [2.05, 4.69) is 82.5 Å². The molecule has 0 spiro atoms. The Kier molecular flexibility index (Phi) is 19.0. The molecule has 0 N–H and O–H groups in total. The normalized spacial score (nSPS) is 19.7. The van der Waals surface area contributed by atoms with Crippen LogP contribution in [-0.4, -0.2) is 104 Å². The maximum absolute atomic E-state index is 14.3. The van der Waals surface area contributed by atoms with Crippen LogP contribution in [0.5, 0.6) is 35.3 Å². The molecule has 12 rings (SSSR count). The average Bonchev–Trinajstić information content (AvgIpc) is 4.32.